The van der Waals surface area contributed by atoms with Crippen molar-refractivity contribution >= 4 is 22.1 Å². The van der Waals surface area contributed by atoms with Crippen molar-refractivity contribution in [2.75, 3.05) is 27.2 Å². The van der Waals surface area contributed by atoms with Gasteiger partial charge in [0.15, 0.2) is 0 Å². The number of hydrogen-bond acceptors (Lipinski definition) is 5. The van der Waals surface area contributed by atoms with Gasteiger partial charge in [-0.3, -0.25) is 9.59 Å². The van der Waals surface area contributed by atoms with Crippen LogP contribution in [-0.4, -0.2) is 57.0 Å². The topological polar surface area (TPSA) is 113 Å². The molecule has 0 amide bonds. The van der Waals surface area contributed by atoms with Crippen LogP contribution in [0.4, 0.5) is 0 Å². The van der Waals surface area contributed by atoms with Crippen LogP contribution in [0.3, 0.4) is 0 Å². The largest absolute Gasteiger partial charge is 0.481 e. The van der Waals surface area contributed by atoms with Crippen LogP contribution >= 0.6 is 0 Å². The van der Waals surface area contributed by atoms with E-state index in [0.29, 0.717) is 0 Å². The minimum Gasteiger partial charge on any atom is -0.481 e. The predicted molar refractivity (Wildman–Crippen MR) is 63.1 cm³/mol. The molecule has 8 nitrogen and oxygen atoms in total. The van der Waals surface area contributed by atoms with Gasteiger partial charge in [0.25, 0.3) is 10.2 Å². The molecule has 0 bridgehead atoms. The Bertz CT molecular complexity index is 381. The van der Waals surface area contributed by atoms with Gasteiger partial charge in [-0.2, -0.15) is 12.7 Å². The predicted octanol–water partition coefficient (Wildman–Crippen LogP) is -0.819. The molecule has 0 aliphatic carbocycles. The van der Waals surface area contributed by atoms with Crippen molar-refractivity contribution in [3.05, 3.63) is 0 Å². The fraction of sp³-hybridized carbons (Fsp3) is 0.778. The van der Waals surface area contributed by atoms with E-state index in [1.165, 1.54) is 14.2 Å². The van der Waals surface area contributed by atoms with E-state index in [1.54, 1.807) is 0 Å². The Kier molecular flexibility index (Phi) is 7.48. The fourth-order valence-electron chi connectivity index (χ4n) is 1.02. The van der Waals surface area contributed by atoms with Crippen LogP contribution in [0.15, 0.2) is 0 Å². The first kappa shape index (κ1) is 16.8. The summed E-state index contributed by atoms with van der Waals surface area (Å²) in [5, 5.41) is 8.39. The first-order chi connectivity index (χ1) is 8.29. The van der Waals surface area contributed by atoms with E-state index in [9.17, 15) is 18.0 Å². The summed E-state index contributed by atoms with van der Waals surface area (Å²) in [7, 11) is -1.13. The van der Waals surface area contributed by atoms with Crippen molar-refractivity contribution in [1.82, 2.24) is 9.03 Å². The molecule has 0 aliphatic rings. The summed E-state index contributed by atoms with van der Waals surface area (Å²) >= 11 is 0. The number of methoxy groups -OCH3 is 1. The van der Waals surface area contributed by atoms with Crippen LogP contribution in [-0.2, 0) is 24.5 Å². The number of carboxylic acid groups (broad SMARTS) is 1. The molecule has 0 heterocycles. The fourth-order valence-corrected chi connectivity index (χ4v) is 1.98. The lowest BCUT2D eigenvalue weighted by molar-refractivity contribution is -0.140. The van der Waals surface area contributed by atoms with Gasteiger partial charge in [0, 0.05) is 26.6 Å². The molecule has 9 heteroatoms. The van der Waals surface area contributed by atoms with Crippen LogP contribution in [0.25, 0.3) is 0 Å². The third-order valence-electron chi connectivity index (χ3n) is 2.12. The lowest BCUT2D eigenvalue weighted by Crippen LogP contribution is -2.39. The quantitative estimate of drug-likeness (QED) is 0.422. The molecule has 0 radical (unpaired) electrons. The molecule has 0 aliphatic heterocycles. The van der Waals surface area contributed by atoms with E-state index >= 15 is 0 Å². The number of aliphatic carboxylic acids is 1. The van der Waals surface area contributed by atoms with Crippen molar-refractivity contribution in [2.45, 2.75) is 19.3 Å². The van der Waals surface area contributed by atoms with Gasteiger partial charge >= 0.3 is 11.9 Å². The van der Waals surface area contributed by atoms with E-state index < -0.39 is 22.1 Å². The van der Waals surface area contributed by atoms with Crippen molar-refractivity contribution in [2.24, 2.45) is 0 Å². The standard InChI is InChI=1S/C9H18N2O6S/c1-11(7-5-9(14)17-2)18(15,16)10-6-3-4-8(12)13/h10H,3-7H2,1-2H3,(H,12,13). The summed E-state index contributed by atoms with van der Waals surface area (Å²) in [6, 6.07) is 0. The third-order valence-corrected chi connectivity index (χ3v) is 3.69. The second-order valence-electron chi connectivity index (χ2n) is 3.54. The van der Waals surface area contributed by atoms with Crippen molar-refractivity contribution in [3.8, 4) is 0 Å². The van der Waals surface area contributed by atoms with Gasteiger partial charge in [-0.1, -0.05) is 0 Å². The molecule has 0 rings (SSSR count). The Morgan fingerprint density at radius 3 is 2.44 bits per heavy atom. The second kappa shape index (κ2) is 8.01. The SMILES string of the molecule is COC(=O)CCN(C)S(=O)(=O)NCCCC(=O)O. The van der Waals surface area contributed by atoms with Gasteiger partial charge < -0.3 is 9.84 Å². The maximum atomic E-state index is 11.6. The second-order valence-corrected chi connectivity index (χ2v) is 5.41. The van der Waals surface area contributed by atoms with Gasteiger partial charge in [-0.15, -0.1) is 0 Å². The summed E-state index contributed by atoms with van der Waals surface area (Å²) in [4.78, 5) is 21.1. The summed E-state index contributed by atoms with van der Waals surface area (Å²) in [6.45, 7) is 0.0398. The molecule has 0 saturated heterocycles. The average Bonchev–Trinajstić information content (AvgIpc) is 2.30. The summed E-state index contributed by atoms with van der Waals surface area (Å²) in [5.74, 6) is -1.48. The molecule has 0 aromatic rings. The smallest absolute Gasteiger partial charge is 0.306 e. The van der Waals surface area contributed by atoms with Crippen LogP contribution in [0.2, 0.25) is 0 Å². The lowest BCUT2D eigenvalue weighted by atomic mass is 10.3. The molecular formula is C9H18N2O6S. The normalized spacial score (nSPS) is 11.5. The highest BCUT2D eigenvalue weighted by molar-refractivity contribution is 7.87. The number of hydrogen-bond donors (Lipinski definition) is 2. The van der Waals surface area contributed by atoms with Gasteiger partial charge in [-0.25, -0.2) is 4.72 Å². The van der Waals surface area contributed by atoms with E-state index in [0.717, 1.165) is 4.31 Å². The number of carbonyl (C=O) groups is 2. The van der Waals surface area contributed by atoms with Crippen LogP contribution in [0.5, 0.6) is 0 Å². The number of esters is 1. The van der Waals surface area contributed by atoms with E-state index in [-0.39, 0.29) is 32.4 Å². The molecular weight excluding hydrogens is 264 g/mol. The molecule has 0 unspecified atom stereocenters. The molecule has 0 atom stereocenters. The molecule has 0 aromatic carbocycles. The summed E-state index contributed by atoms with van der Waals surface area (Å²) in [5.41, 5.74) is 0. The summed E-state index contributed by atoms with van der Waals surface area (Å²) in [6.07, 6.45) is 0.0663. The minimum atomic E-state index is -3.68. The number of ether oxygens (including phenoxy) is 1. The number of rotatable bonds is 9. The average molecular weight is 282 g/mol. The first-order valence-corrected chi connectivity index (χ1v) is 6.73. The Morgan fingerprint density at radius 2 is 1.94 bits per heavy atom. The molecule has 18 heavy (non-hydrogen) atoms. The van der Waals surface area contributed by atoms with Crippen LogP contribution in [0.1, 0.15) is 19.3 Å². The van der Waals surface area contributed by atoms with Crippen molar-refractivity contribution < 1.29 is 27.9 Å². The molecule has 2 N–H and O–H groups in total. The molecule has 0 aromatic heterocycles. The Balaban J connectivity index is 4.03. The van der Waals surface area contributed by atoms with Crippen molar-refractivity contribution in [1.29, 1.82) is 0 Å². The van der Waals surface area contributed by atoms with Gasteiger partial charge in [0.05, 0.1) is 13.5 Å². The highest BCUT2D eigenvalue weighted by atomic mass is 32.2. The zero-order chi connectivity index (χ0) is 14.2. The number of nitrogens with one attached hydrogen (secondary N) is 1. The Morgan fingerprint density at radius 1 is 1.33 bits per heavy atom. The van der Waals surface area contributed by atoms with Gasteiger partial charge in [0.1, 0.15) is 0 Å². The van der Waals surface area contributed by atoms with Crippen LogP contribution < -0.4 is 4.72 Å². The number of carbonyl (C=O) groups excluding carboxylic acids is 1. The van der Waals surface area contributed by atoms with Crippen molar-refractivity contribution in [3.63, 3.8) is 0 Å². The Hall–Kier alpha value is -1.19. The Labute approximate surface area is 106 Å². The molecule has 106 valence electrons. The third kappa shape index (κ3) is 7.20. The molecule has 0 saturated carbocycles. The van der Waals surface area contributed by atoms with Gasteiger partial charge in [-0.05, 0) is 6.42 Å². The maximum Gasteiger partial charge on any atom is 0.306 e. The highest BCUT2D eigenvalue weighted by Crippen LogP contribution is 1.98. The molecule has 0 spiro atoms. The first-order valence-electron chi connectivity index (χ1n) is 5.29. The van der Waals surface area contributed by atoms with E-state index in [4.69, 9.17) is 5.11 Å². The highest BCUT2D eigenvalue weighted by Gasteiger charge is 2.17. The minimum absolute atomic E-state index is 0.000930. The maximum absolute atomic E-state index is 11.6. The zero-order valence-electron chi connectivity index (χ0n) is 10.4. The zero-order valence-corrected chi connectivity index (χ0v) is 11.2. The van der Waals surface area contributed by atoms with E-state index in [2.05, 4.69) is 9.46 Å². The lowest BCUT2D eigenvalue weighted by Gasteiger charge is -2.16. The van der Waals surface area contributed by atoms with Crippen LogP contribution in [0, 0.1) is 0 Å². The summed E-state index contributed by atoms with van der Waals surface area (Å²) < 4.78 is 30.8. The van der Waals surface area contributed by atoms with Gasteiger partial charge in [0.2, 0.25) is 0 Å². The molecule has 0 fully saturated rings. The number of nitrogens with zero attached hydrogens (tertiary/aromatic N) is 1. The van der Waals surface area contributed by atoms with E-state index in [1.807, 2.05) is 0 Å². The monoisotopic (exact) mass is 282 g/mol. The number of carboxylic acids is 1.